The maximum absolute atomic E-state index is 5.49. The van der Waals surface area contributed by atoms with E-state index in [1.165, 1.54) is 0 Å². The lowest BCUT2D eigenvalue weighted by Crippen LogP contribution is -2.24. The fourth-order valence-corrected chi connectivity index (χ4v) is 1.56. The molecule has 17 heavy (non-hydrogen) atoms. The van der Waals surface area contributed by atoms with Crippen molar-refractivity contribution in [3.63, 3.8) is 0 Å². The summed E-state index contributed by atoms with van der Waals surface area (Å²) in [5.74, 6) is 1.51. The molecule has 6 heteroatoms. The monoisotopic (exact) mass is 251 g/mol. The van der Waals surface area contributed by atoms with E-state index in [-0.39, 0.29) is 5.11 Å². The summed E-state index contributed by atoms with van der Waals surface area (Å²) in [6, 6.07) is 3.81. The fraction of sp³-hybridized carbons (Fsp3) is 0.273. The third kappa shape index (κ3) is 2.85. The fourth-order valence-electron chi connectivity index (χ4n) is 1.51. The number of aryl methyl sites for hydroxylation is 1. The van der Waals surface area contributed by atoms with Gasteiger partial charge in [0.25, 0.3) is 0 Å². The van der Waals surface area contributed by atoms with Crippen LogP contribution in [0.4, 0.5) is 0 Å². The van der Waals surface area contributed by atoms with Gasteiger partial charge in [0.15, 0.2) is 16.6 Å². The molecular formula is C11H13N3O2S. The molecule has 0 radical (unpaired) electrons. The van der Waals surface area contributed by atoms with Crippen molar-refractivity contribution in [3.05, 3.63) is 23.3 Å². The Bertz CT molecular complexity index is 474. The van der Waals surface area contributed by atoms with E-state index in [4.69, 9.17) is 15.2 Å². The van der Waals surface area contributed by atoms with Crippen LogP contribution in [0.25, 0.3) is 0 Å². The molecular weight excluding hydrogens is 238 g/mol. The number of ether oxygens (including phenoxy) is 2. The number of hydrazone groups is 1. The van der Waals surface area contributed by atoms with Gasteiger partial charge in [-0.25, -0.2) is 0 Å². The van der Waals surface area contributed by atoms with E-state index < -0.39 is 0 Å². The second kappa shape index (κ2) is 5.01. The Morgan fingerprint density at radius 2 is 2.06 bits per heavy atom. The van der Waals surface area contributed by atoms with Crippen molar-refractivity contribution < 1.29 is 9.47 Å². The average Bonchev–Trinajstić information content (AvgIpc) is 2.29. The normalized spacial score (nSPS) is 13.7. The molecule has 0 saturated carbocycles. The quantitative estimate of drug-likeness (QED) is 0.465. The minimum Gasteiger partial charge on any atom is -0.486 e. The van der Waals surface area contributed by atoms with Gasteiger partial charge in [0, 0.05) is 5.56 Å². The highest BCUT2D eigenvalue weighted by Crippen LogP contribution is 2.32. The van der Waals surface area contributed by atoms with Crippen LogP contribution in [-0.2, 0) is 0 Å². The number of hydrogen-bond donors (Lipinski definition) is 2. The minimum atomic E-state index is 0.136. The number of hydrogen-bond acceptors (Lipinski definition) is 4. The molecule has 0 bridgehead atoms. The van der Waals surface area contributed by atoms with Gasteiger partial charge in [-0.1, -0.05) is 0 Å². The van der Waals surface area contributed by atoms with Crippen molar-refractivity contribution >= 4 is 23.5 Å². The van der Waals surface area contributed by atoms with Gasteiger partial charge in [-0.15, -0.1) is 0 Å². The first-order valence-corrected chi connectivity index (χ1v) is 5.56. The average molecular weight is 251 g/mol. The molecule has 0 amide bonds. The molecule has 0 atom stereocenters. The van der Waals surface area contributed by atoms with Gasteiger partial charge in [-0.3, -0.25) is 5.43 Å². The predicted molar refractivity (Wildman–Crippen MR) is 69.7 cm³/mol. The van der Waals surface area contributed by atoms with E-state index in [0.717, 1.165) is 22.6 Å². The topological polar surface area (TPSA) is 68.9 Å². The molecule has 3 N–H and O–H groups in total. The summed E-state index contributed by atoms with van der Waals surface area (Å²) in [6.07, 6.45) is 1.65. The lowest BCUT2D eigenvalue weighted by molar-refractivity contribution is 0.171. The molecule has 0 fully saturated rings. The Kier molecular flexibility index (Phi) is 3.43. The van der Waals surface area contributed by atoms with Gasteiger partial charge >= 0.3 is 0 Å². The van der Waals surface area contributed by atoms with Crippen LogP contribution in [0.15, 0.2) is 17.2 Å². The van der Waals surface area contributed by atoms with Crippen LogP contribution in [0.1, 0.15) is 11.1 Å². The van der Waals surface area contributed by atoms with Crippen molar-refractivity contribution in [2.45, 2.75) is 6.92 Å². The van der Waals surface area contributed by atoms with Crippen LogP contribution in [0.2, 0.25) is 0 Å². The summed E-state index contributed by atoms with van der Waals surface area (Å²) in [6.45, 7) is 3.13. The lowest BCUT2D eigenvalue weighted by atomic mass is 10.1. The third-order valence-electron chi connectivity index (χ3n) is 2.31. The summed E-state index contributed by atoms with van der Waals surface area (Å²) < 4.78 is 11.0. The van der Waals surface area contributed by atoms with Gasteiger partial charge in [-0.2, -0.15) is 5.10 Å². The van der Waals surface area contributed by atoms with Crippen LogP contribution in [0.3, 0.4) is 0 Å². The zero-order valence-corrected chi connectivity index (χ0v) is 10.2. The van der Waals surface area contributed by atoms with Crippen LogP contribution in [0.5, 0.6) is 11.5 Å². The summed E-state index contributed by atoms with van der Waals surface area (Å²) in [5, 5.41) is 4.05. The second-order valence-corrected chi connectivity index (χ2v) is 4.03. The third-order valence-corrected chi connectivity index (χ3v) is 2.40. The number of nitrogens with one attached hydrogen (secondary N) is 1. The molecule has 1 aliphatic rings. The number of nitrogens with zero attached hydrogens (tertiary/aromatic N) is 1. The largest absolute Gasteiger partial charge is 0.486 e. The molecule has 0 unspecified atom stereocenters. The second-order valence-electron chi connectivity index (χ2n) is 3.59. The van der Waals surface area contributed by atoms with Crippen molar-refractivity contribution in [2.24, 2.45) is 10.8 Å². The molecule has 0 aliphatic carbocycles. The Hall–Kier alpha value is -1.82. The Morgan fingerprint density at radius 3 is 2.71 bits per heavy atom. The van der Waals surface area contributed by atoms with Crippen LogP contribution < -0.4 is 20.6 Å². The van der Waals surface area contributed by atoms with E-state index in [1.807, 2.05) is 19.1 Å². The van der Waals surface area contributed by atoms with Crippen molar-refractivity contribution in [1.29, 1.82) is 0 Å². The van der Waals surface area contributed by atoms with Crippen LogP contribution in [0, 0.1) is 6.92 Å². The standard InChI is InChI=1S/C11H13N3O2S/c1-7-4-9-10(16-3-2-15-9)5-8(7)6-13-14-11(12)17/h4-6H,2-3H2,1H3,(H3,12,14,17). The van der Waals surface area contributed by atoms with Gasteiger partial charge < -0.3 is 15.2 Å². The molecule has 1 aromatic rings. The zero-order valence-electron chi connectivity index (χ0n) is 9.40. The first-order valence-electron chi connectivity index (χ1n) is 5.15. The van der Waals surface area contributed by atoms with Gasteiger partial charge in [0.05, 0.1) is 6.21 Å². The van der Waals surface area contributed by atoms with Gasteiger partial charge in [0.1, 0.15) is 13.2 Å². The van der Waals surface area contributed by atoms with E-state index in [1.54, 1.807) is 6.21 Å². The molecule has 0 aromatic heterocycles. The number of nitrogens with two attached hydrogens (primary N) is 1. The minimum absolute atomic E-state index is 0.136. The Balaban J connectivity index is 2.22. The van der Waals surface area contributed by atoms with E-state index >= 15 is 0 Å². The van der Waals surface area contributed by atoms with Gasteiger partial charge in [-0.05, 0) is 36.8 Å². The molecule has 0 saturated heterocycles. The van der Waals surface area contributed by atoms with Crippen molar-refractivity contribution in [3.8, 4) is 11.5 Å². The molecule has 1 heterocycles. The Labute approximate surface area is 105 Å². The summed E-state index contributed by atoms with van der Waals surface area (Å²) >= 11 is 4.65. The highest BCUT2D eigenvalue weighted by molar-refractivity contribution is 7.80. The summed E-state index contributed by atoms with van der Waals surface area (Å²) in [4.78, 5) is 0. The van der Waals surface area contributed by atoms with E-state index in [2.05, 4.69) is 22.7 Å². The van der Waals surface area contributed by atoms with E-state index in [9.17, 15) is 0 Å². The summed E-state index contributed by atoms with van der Waals surface area (Å²) in [5.41, 5.74) is 9.75. The molecule has 0 spiro atoms. The zero-order chi connectivity index (χ0) is 12.3. The van der Waals surface area contributed by atoms with Crippen LogP contribution in [-0.4, -0.2) is 24.5 Å². The number of thiocarbonyl (C=S) groups is 1. The first-order chi connectivity index (χ1) is 8.16. The Morgan fingerprint density at radius 1 is 1.41 bits per heavy atom. The molecule has 90 valence electrons. The maximum Gasteiger partial charge on any atom is 0.184 e. The highest BCUT2D eigenvalue weighted by Gasteiger charge is 2.13. The maximum atomic E-state index is 5.49. The number of benzene rings is 1. The molecule has 1 aliphatic heterocycles. The molecule has 1 aromatic carbocycles. The number of rotatable bonds is 2. The highest BCUT2D eigenvalue weighted by atomic mass is 32.1. The van der Waals surface area contributed by atoms with Crippen LogP contribution >= 0.6 is 12.2 Å². The molecule has 5 nitrogen and oxygen atoms in total. The smallest absolute Gasteiger partial charge is 0.184 e. The lowest BCUT2D eigenvalue weighted by Gasteiger charge is -2.19. The van der Waals surface area contributed by atoms with Crippen molar-refractivity contribution in [1.82, 2.24) is 5.43 Å². The molecule has 2 rings (SSSR count). The first kappa shape index (κ1) is 11.7. The SMILES string of the molecule is Cc1cc2c(cc1C=NNC(N)=S)OCCO2. The summed E-state index contributed by atoms with van der Waals surface area (Å²) in [7, 11) is 0. The predicted octanol–water partition coefficient (Wildman–Crippen LogP) is 0.933. The van der Waals surface area contributed by atoms with E-state index in [0.29, 0.717) is 13.2 Å². The van der Waals surface area contributed by atoms with Crippen molar-refractivity contribution in [2.75, 3.05) is 13.2 Å². The number of fused-ring (bicyclic) bond motifs is 1. The van der Waals surface area contributed by atoms with Gasteiger partial charge in [0.2, 0.25) is 0 Å².